The predicted octanol–water partition coefficient (Wildman–Crippen LogP) is 3.86. The van der Waals surface area contributed by atoms with Crippen molar-refractivity contribution in [3.8, 4) is 0 Å². The lowest BCUT2D eigenvalue weighted by Crippen LogP contribution is -2.56. The molecule has 0 saturated carbocycles. The molecule has 0 aromatic heterocycles. The molecular formula is C19H20F2N2O2. The molecule has 0 radical (unpaired) electrons. The SMILES string of the molecule is Cc1cccc(C(=O)N(NC(=O)c2cccc(F)c2F)C(C)(C)C)c1. The van der Waals surface area contributed by atoms with Gasteiger partial charge in [0.2, 0.25) is 0 Å². The molecule has 2 aromatic carbocycles. The number of rotatable bonds is 2. The number of hydrogen-bond donors (Lipinski definition) is 1. The molecule has 0 spiro atoms. The number of amides is 2. The van der Waals surface area contributed by atoms with Gasteiger partial charge in [0, 0.05) is 5.56 Å². The van der Waals surface area contributed by atoms with Crippen molar-refractivity contribution in [3.63, 3.8) is 0 Å². The van der Waals surface area contributed by atoms with E-state index in [2.05, 4.69) is 5.43 Å². The normalized spacial score (nSPS) is 11.1. The topological polar surface area (TPSA) is 49.4 Å². The van der Waals surface area contributed by atoms with Crippen molar-refractivity contribution >= 4 is 11.8 Å². The van der Waals surface area contributed by atoms with E-state index >= 15 is 0 Å². The fourth-order valence-electron chi connectivity index (χ4n) is 2.27. The van der Waals surface area contributed by atoms with E-state index in [0.717, 1.165) is 22.7 Å². The third kappa shape index (κ3) is 4.21. The zero-order valence-electron chi connectivity index (χ0n) is 14.6. The van der Waals surface area contributed by atoms with Gasteiger partial charge in [0.25, 0.3) is 11.8 Å². The standard InChI is InChI=1S/C19H20F2N2O2/c1-12-7-5-8-13(11-12)18(25)23(19(2,3)4)22-17(24)14-9-6-10-15(20)16(14)21/h5-11H,1-4H3,(H,22,24). The highest BCUT2D eigenvalue weighted by atomic mass is 19.2. The van der Waals surface area contributed by atoms with Crippen molar-refractivity contribution in [1.82, 2.24) is 10.4 Å². The van der Waals surface area contributed by atoms with Gasteiger partial charge in [-0.05, 0) is 52.0 Å². The maximum absolute atomic E-state index is 13.8. The number of nitrogens with zero attached hydrogens (tertiary/aromatic N) is 1. The maximum Gasteiger partial charge on any atom is 0.272 e. The second-order valence-corrected chi connectivity index (χ2v) is 6.72. The Morgan fingerprint density at radius 2 is 1.68 bits per heavy atom. The number of halogens is 2. The summed E-state index contributed by atoms with van der Waals surface area (Å²) in [5.41, 5.74) is 2.43. The Morgan fingerprint density at radius 1 is 1.04 bits per heavy atom. The van der Waals surface area contributed by atoms with Crippen LogP contribution >= 0.6 is 0 Å². The first-order valence-electron chi connectivity index (χ1n) is 7.77. The van der Waals surface area contributed by atoms with Gasteiger partial charge < -0.3 is 0 Å². The third-order valence-electron chi connectivity index (χ3n) is 3.55. The van der Waals surface area contributed by atoms with Crippen LogP contribution in [0.1, 0.15) is 47.1 Å². The van der Waals surface area contributed by atoms with E-state index < -0.39 is 34.6 Å². The smallest absolute Gasteiger partial charge is 0.267 e. The molecule has 0 atom stereocenters. The van der Waals surface area contributed by atoms with Gasteiger partial charge in [-0.15, -0.1) is 0 Å². The van der Waals surface area contributed by atoms with Gasteiger partial charge in [-0.3, -0.25) is 15.0 Å². The molecule has 1 N–H and O–H groups in total. The summed E-state index contributed by atoms with van der Waals surface area (Å²) in [4.78, 5) is 25.2. The van der Waals surface area contributed by atoms with Crippen LogP contribution in [0.25, 0.3) is 0 Å². The highest BCUT2D eigenvalue weighted by Crippen LogP contribution is 2.18. The van der Waals surface area contributed by atoms with E-state index in [1.165, 1.54) is 6.07 Å². The average molecular weight is 346 g/mol. The minimum absolute atomic E-state index is 0.384. The minimum Gasteiger partial charge on any atom is -0.267 e. The summed E-state index contributed by atoms with van der Waals surface area (Å²) in [5, 5.41) is 1.12. The van der Waals surface area contributed by atoms with Gasteiger partial charge in [-0.2, -0.15) is 0 Å². The number of hydrazine groups is 1. The highest BCUT2D eigenvalue weighted by molar-refractivity contribution is 5.99. The summed E-state index contributed by atoms with van der Waals surface area (Å²) in [5.74, 6) is -3.72. The van der Waals surface area contributed by atoms with Crippen LogP contribution in [0.15, 0.2) is 42.5 Å². The molecule has 0 fully saturated rings. The van der Waals surface area contributed by atoms with Crippen molar-refractivity contribution in [1.29, 1.82) is 0 Å². The van der Waals surface area contributed by atoms with Crippen molar-refractivity contribution in [2.24, 2.45) is 0 Å². The minimum atomic E-state index is -1.25. The Hall–Kier alpha value is -2.76. The van der Waals surface area contributed by atoms with E-state index in [4.69, 9.17) is 0 Å². The number of nitrogens with one attached hydrogen (secondary N) is 1. The average Bonchev–Trinajstić information content (AvgIpc) is 2.53. The number of hydrogen-bond acceptors (Lipinski definition) is 2. The van der Waals surface area contributed by atoms with Crippen molar-refractivity contribution in [2.75, 3.05) is 0 Å². The van der Waals surface area contributed by atoms with Crippen molar-refractivity contribution < 1.29 is 18.4 Å². The van der Waals surface area contributed by atoms with Crippen molar-refractivity contribution in [2.45, 2.75) is 33.2 Å². The van der Waals surface area contributed by atoms with Crippen LogP contribution in [0, 0.1) is 18.6 Å². The molecule has 0 unspecified atom stereocenters. The number of aryl methyl sites for hydroxylation is 1. The fourth-order valence-corrected chi connectivity index (χ4v) is 2.27. The molecule has 0 saturated heterocycles. The number of carbonyl (C=O) groups excluding carboxylic acids is 2. The first-order chi connectivity index (χ1) is 11.6. The lowest BCUT2D eigenvalue weighted by atomic mass is 10.1. The molecule has 0 aliphatic carbocycles. The highest BCUT2D eigenvalue weighted by Gasteiger charge is 2.30. The molecule has 2 amide bonds. The summed E-state index contributed by atoms with van der Waals surface area (Å²) < 4.78 is 27.2. The van der Waals surface area contributed by atoms with Crippen LogP contribution in [0.3, 0.4) is 0 Å². The first kappa shape index (κ1) is 18.6. The first-order valence-corrected chi connectivity index (χ1v) is 7.77. The van der Waals surface area contributed by atoms with Gasteiger partial charge in [0.05, 0.1) is 11.1 Å². The van der Waals surface area contributed by atoms with Gasteiger partial charge in [-0.1, -0.05) is 23.8 Å². The van der Waals surface area contributed by atoms with Crippen LogP contribution in [0.5, 0.6) is 0 Å². The van der Waals surface area contributed by atoms with Gasteiger partial charge in [0.15, 0.2) is 11.6 Å². The van der Waals surface area contributed by atoms with Crippen LogP contribution in [0.2, 0.25) is 0 Å². The van der Waals surface area contributed by atoms with E-state index in [-0.39, 0.29) is 0 Å². The van der Waals surface area contributed by atoms with Crippen LogP contribution < -0.4 is 5.43 Å². The predicted molar refractivity (Wildman–Crippen MR) is 90.9 cm³/mol. The van der Waals surface area contributed by atoms with Gasteiger partial charge in [0.1, 0.15) is 0 Å². The Morgan fingerprint density at radius 3 is 2.28 bits per heavy atom. The van der Waals surface area contributed by atoms with E-state index in [9.17, 15) is 18.4 Å². The Balaban J connectivity index is 2.34. The molecule has 0 aliphatic rings. The molecule has 4 nitrogen and oxygen atoms in total. The van der Waals surface area contributed by atoms with E-state index in [1.54, 1.807) is 39.0 Å². The van der Waals surface area contributed by atoms with Crippen LogP contribution in [-0.4, -0.2) is 22.4 Å². The van der Waals surface area contributed by atoms with Crippen LogP contribution in [0.4, 0.5) is 8.78 Å². The molecule has 6 heteroatoms. The summed E-state index contributed by atoms with van der Waals surface area (Å²) in [6.45, 7) is 7.02. The Bertz CT molecular complexity index is 813. The molecule has 2 rings (SSSR count). The second-order valence-electron chi connectivity index (χ2n) is 6.72. The zero-order chi connectivity index (χ0) is 18.8. The molecule has 25 heavy (non-hydrogen) atoms. The lowest BCUT2D eigenvalue weighted by molar-refractivity contribution is 0.0356. The number of benzene rings is 2. The maximum atomic E-state index is 13.8. The summed E-state index contributed by atoms with van der Waals surface area (Å²) in [6.07, 6.45) is 0. The third-order valence-corrected chi connectivity index (χ3v) is 3.55. The summed E-state index contributed by atoms with van der Waals surface area (Å²) in [7, 11) is 0. The monoisotopic (exact) mass is 346 g/mol. The van der Waals surface area contributed by atoms with Crippen LogP contribution in [-0.2, 0) is 0 Å². The fraction of sp³-hybridized carbons (Fsp3) is 0.263. The lowest BCUT2D eigenvalue weighted by Gasteiger charge is -2.35. The zero-order valence-corrected chi connectivity index (χ0v) is 14.6. The van der Waals surface area contributed by atoms with Gasteiger partial charge >= 0.3 is 0 Å². The quantitative estimate of drug-likeness (QED) is 0.840. The van der Waals surface area contributed by atoms with Crippen molar-refractivity contribution in [3.05, 3.63) is 70.8 Å². The molecule has 0 aliphatic heterocycles. The largest absolute Gasteiger partial charge is 0.272 e. The van der Waals surface area contributed by atoms with Gasteiger partial charge in [-0.25, -0.2) is 13.8 Å². The second kappa shape index (κ2) is 7.01. The molecule has 0 bridgehead atoms. The Kier molecular flexibility index (Phi) is 5.21. The number of carbonyl (C=O) groups is 2. The molecule has 132 valence electrons. The molecule has 2 aromatic rings. The Labute approximate surface area is 145 Å². The van der Waals surface area contributed by atoms with E-state index in [0.29, 0.717) is 5.56 Å². The molecule has 0 heterocycles. The molecular weight excluding hydrogens is 326 g/mol. The summed E-state index contributed by atoms with van der Waals surface area (Å²) in [6, 6.07) is 10.2. The summed E-state index contributed by atoms with van der Waals surface area (Å²) >= 11 is 0. The van der Waals surface area contributed by atoms with E-state index in [1.807, 2.05) is 13.0 Å².